The SMILES string of the molecule is O=C(Nc1cccc(NC(=O)C(F)(F)F)c1)c1ccccc1S. The predicted octanol–water partition coefficient (Wildman–Crippen LogP) is 3.73. The summed E-state index contributed by atoms with van der Waals surface area (Å²) in [5.74, 6) is -2.54. The van der Waals surface area contributed by atoms with Gasteiger partial charge in [-0.15, -0.1) is 12.6 Å². The molecule has 0 saturated heterocycles. The number of carbonyl (C=O) groups excluding carboxylic acids is 2. The van der Waals surface area contributed by atoms with Crippen molar-refractivity contribution in [1.82, 2.24) is 0 Å². The number of rotatable bonds is 3. The summed E-state index contributed by atoms with van der Waals surface area (Å²) in [4.78, 5) is 23.5. The van der Waals surface area contributed by atoms with Crippen molar-refractivity contribution in [2.75, 3.05) is 10.6 Å². The van der Waals surface area contributed by atoms with Gasteiger partial charge in [-0.05, 0) is 30.3 Å². The molecule has 0 radical (unpaired) electrons. The lowest BCUT2D eigenvalue weighted by Gasteiger charge is -2.10. The second-order valence-electron chi connectivity index (χ2n) is 4.50. The van der Waals surface area contributed by atoms with Gasteiger partial charge in [0.15, 0.2) is 0 Å². The summed E-state index contributed by atoms with van der Waals surface area (Å²) in [6.07, 6.45) is -4.98. The van der Waals surface area contributed by atoms with E-state index in [-0.39, 0.29) is 11.4 Å². The Labute approximate surface area is 135 Å². The molecule has 2 aromatic carbocycles. The van der Waals surface area contributed by atoms with Crippen LogP contribution in [-0.4, -0.2) is 18.0 Å². The zero-order valence-corrected chi connectivity index (χ0v) is 12.4. The number of alkyl halides is 3. The fraction of sp³-hybridized carbons (Fsp3) is 0.0667. The van der Waals surface area contributed by atoms with E-state index in [1.807, 2.05) is 0 Å². The van der Waals surface area contributed by atoms with Crippen LogP contribution in [0, 0.1) is 0 Å². The van der Waals surface area contributed by atoms with E-state index >= 15 is 0 Å². The predicted molar refractivity (Wildman–Crippen MR) is 82.8 cm³/mol. The summed E-state index contributed by atoms with van der Waals surface area (Å²) < 4.78 is 36.7. The van der Waals surface area contributed by atoms with Crippen molar-refractivity contribution >= 4 is 35.8 Å². The molecular formula is C15H11F3N2O2S. The average Bonchev–Trinajstić information content (AvgIpc) is 2.47. The van der Waals surface area contributed by atoms with Crippen LogP contribution in [0.5, 0.6) is 0 Å². The largest absolute Gasteiger partial charge is 0.471 e. The number of hydrogen-bond donors (Lipinski definition) is 3. The van der Waals surface area contributed by atoms with E-state index < -0.39 is 18.0 Å². The lowest BCUT2D eigenvalue weighted by atomic mass is 10.2. The Morgan fingerprint density at radius 3 is 2.13 bits per heavy atom. The number of thiol groups is 1. The molecule has 0 aliphatic heterocycles. The van der Waals surface area contributed by atoms with Gasteiger partial charge in [-0.1, -0.05) is 18.2 Å². The monoisotopic (exact) mass is 340 g/mol. The van der Waals surface area contributed by atoms with Gasteiger partial charge < -0.3 is 10.6 Å². The Morgan fingerprint density at radius 1 is 0.913 bits per heavy atom. The molecule has 2 rings (SSSR count). The number of nitrogens with one attached hydrogen (secondary N) is 2. The molecule has 0 aliphatic carbocycles. The highest BCUT2D eigenvalue weighted by Crippen LogP contribution is 2.21. The first-order valence-electron chi connectivity index (χ1n) is 6.35. The molecule has 0 unspecified atom stereocenters. The number of carbonyl (C=O) groups is 2. The Hall–Kier alpha value is -2.48. The van der Waals surface area contributed by atoms with Crippen LogP contribution in [0.2, 0.25) is 0 Å². The van der Waals surface area contributed by atoms with Gasteiger partial charge in [-0.25, -0.2) is 0 Å². The molecule has 0 saturated carbocycles. The van der Waals surface area contributed by atoms with Crippen molar-refractivity contribution < 1.29 is 22.8 Å². The van der Waals surface area contributed by atoms with E-state index in [2.05, 4.69) is 17.9 Å². The third kappa shape index (κ3) is 4.49. The van der Waals surface area contributed by atoms with Gasteiger partial charge in [-0.3, -0.25) is 9.59 Å². The van der Waals surface area contributed by atoms with E-state index in [1.165, 1.54) is 24.3 Å². The van der Waals surface area contributed by atoms with Crippen LogP contribution in [-0.2, 0) is 4.79 Å². The van der Waals surface area contributed by atoms with Crippen LogP contribution < -0.4 is 10.6 Å². The molecule has 23 heavy (non-hydrogen) atoms. The van der Waals surface area contributed by atoms with Crippen molar-refractivity contribution in [3.63, 3.8) is 0 Å². The summed E-state index contributed by atoms with van der Waals surface area (Å²) >= 11 is 4.16. The van der Waals surface area contributed by atoms with E-state index in [1.54, 1.807) is 29.6 Å². The number of halogens is 3. The molecule has 2 aromatic rings. The van der Waals surface area contributed by atoms with Gasteiger partial charge in [0, 0.05) is 16.3 Å². The number of anilines is 2. The molecule has 0 fully saturated rings. The van der Waals surface area contributed by atoms with Crippen molar-refractivity contribution in [2.24, 2.45) is 0 Å². The Bertz CT molecular complexity index is 747. The lowest BCUT2D eigenvalue weighted by Crippen LogP contribution is -2.29. The minimum Gasteiger partial charge on any atom is -0.322 e. The summed E-state index contributed by atoms with van der Waals surface area (Å²) in [7, 11) is 0. The molecule has 0 heterocycles. The van der Waals surface area contributed by atoms with Crippen LogP contribution >= 0.6 is 12.6 Å². The zero-order chi connectivity index (χ0) is 17.0. The third-order valence-electron chi connectivity index (χ3n) is 2.78. The third-order valence-corrected chi connectivity index (χ3v) is 3.17. The maximum Gasteiger partial charge on any atom is 0.471 e. The molecule has 0 atom stereocenters. The van der Waals surface area contributed by atoms with Gasteiger partial charge in [0.1, 0.15) is 0 Å². The highest BCUT2D eigenvalue weighted by atomic mass is 32.1. The first kappa shape index (κ1) is 16.9. The molecule has 4 nitrogen and oxygen atoms in total. The summed E-state index contributed by atoms with van der Waals surface area (Å²) in [6, 6.07) is 12.0. The topological polar surface area (TPSA) is 58.2 Å². The van der Waals surface area contributed by atoms with Gasteiger partial charge in [0.05, 0.1) is 5.56 Å². The maximum absolute atomic E-state index is 12.2. The Kier molecular flexibility index (Phi) is 4.95. The Balaban J connectivity index is 2.13. The molecule has 2 N–H and O–H groups in total. The first-order valence-corrected chi connectivity index (χ1v) is 6.79. The molecule has 0 aliphatic rings. The van der Waals surface area contributed by atoms with Crippen molar-refractivity contribution in [2.45, 2.75) is 11.1 Å². The lowest BCUT2D eigenvalue weighted by molar-refractivity contribution is -0.167. The van der Waals surface area contributed by atoms with Crippen LogP contribution in [0.1, 0.15) is 10.4 Å². The molecular weight excluding hydrogens is 329 g/mol. The fourth-order valence-electron chi connectivity index (χ4n) is 1.74. The molecule has 0 aromatic heterocycles. The number of hydrogen-bond acceptors (Lipinski definition) is 3. The standard InChI is InChI=1S/C15H11F3N2O2S/c16-15(17,18)14(22)20-10-5-3-4-9(8-10)19-13(21)11-6-1-2-7-12(11)23/h1-8,23H,(H,19,21)(H,20,22). The van der Waals surface area contributed by atoms with E-state index in [4.69, 9.17) is 0 Å². The van der Waals surface area contributed by atoms with Gasteiger partial charge in [0.25, 0.3) is 5.91 Å². The second kappa shape index (κ2) is 6.74. The molecule has 0 bridgehead atoms. The van der Waals surface area contributed by atoms with Crippen molar-refractivity contribution in [3.05, 3.63) is 54.1 Å². The minimum absolute atomic E-state index is 0.0794. The summed E-state index contributed by atoms with van der Waals surface area (Å²) in [6.45, 7) is 0. The van der Waals surface area contributed by atoms with Crippen molar-refractivity contribution in [3.8, 4) is 0 Å². The maximum atomic E-state index is 12.2. The Morgan fingerprint density at radius 2 is 1.52 bits per heavy atom. The molecule has 2 amide bonds. The summed E-state index contributed by atoms with van der Waals surface area (Å²) in [5, 5.41) is 4.25. The van der Waals surface area contributed by atoms with E-state index in [0.717, 1.165) is 0 Å². The van der Waals surface area contributed by atoms with E-state index in [0.29, 0.717) is 10.5 Å². The highest BCUT2D eigenvalue weighted by Gasteiger charge is 2.38. The van der Waals surface area contributed by atoms with Crippen LogP contribution in [0.25, 0.3) is 0 Å². The summed E-state index contributed by atoms with van der Waals surface area (Å²) in [5.41, 5.74) is 0.483. The number of amides is 2. The fourth-order valence-corrected chi connectivity index (χ4v) is 2.00. The van der Waals surface area contributed by atoms with Gasteiger partial charge >= 0.3 is 12.1 Å². The molecule has 120 valence electrons. The quantitative estimate of drug-likeness (QED) is 0.746. The normalized spacial score (nSPS) is 11.0. The smallest absolute Gasteiger partial charge is 0.322 e. The number of benzene rings is 2. The second-order valence-corrected chi connectivity index (χ2v) is 4.99. The highest BCUT2D eigenvalue weighted by molar-refractivity contribution is 7.80. The van der Waals surface area contributed by atoms with Crippen LogP contribution in [0.15, 0.2) is 53.4 Å². The average molecular weight is 340 g/mol. The van der Waals surface area contributed by atoms with Crippen LogP contribution in [0.3, 0.4) is 0 Å². The van der Waals surface area contributed by atoms with Gasteiger partial charge in [-0.2, -0.15) is 13.2 Å². The van der Waals surface area contributed by atoms with Crippen molar-refractivity contribution in [1.29, 1.82) is 0 Å². The van der Waals surface area contributed by atoms with Crippen LogP contribution in [0.4, 0.5) is 24.5 Å². The van der Waals surface area contributed by atoms with Gasteiger partial charge in [0.2, 0.25) is 0 Å². The first-order chi connectivity index (χ1) is 10.8. The minimum atomic E-state index is -4.98. The van der Waals surface area contributed by atoms with E-state index in [9.17, 15) is 22.8 Å². The zero-order valence-electron chi connectivity index (χ0n) is 11.5. The molecule has 0 spiro atoms. The molecule has 8 heteroatoms.